The van der Waals surface area contributed by atoms with Crippen molar-refractivity contribution in [1.29, 1.82) is 0 Å². The largest absolute Gasteiger partial charge is 0.512 e. The number of aliphatic hydroxyl groups excluding tert-OH is 1. The van der Waals surface area contributed by atoms with E-state index < -0.39 is 5.97 Å². The predicted octanol–water partition coefficient (Wildman–Crippen LogP) is 4.46. The molecule has 0 saturated carbocycles. The summed E-state index contributed by atoms with van der Waals surface area (Å²) in [5.74, 6) is -0.688. The molecule has 0 aliphatic rings. The molecule has 0 unspecified atom stereocenters. The van der Waals surface area contributed by atoms with E-state index in [9.17, 15) is 9.90 Å². The number of carbonyl (C=O) groups is 1. The molecule has 0 atom stereocenters. The summed E-state index contributed by atoms with van der Waals surface area (Å²) in [6, 6.07) is 19.1. The fraction of sp³-hybridized carbons (Fsp3) is 0.238. The van der Waals surface area contributed by atoms with Crippen LogP contribution >= 0.6 is 0 Å². The van der Waals surface area contributed by atoms with Crippen LogP contribution in [0.1, 0.15) is 31.9 Å². The maximum absolute atomic E-state index is 12.5. The third-order valence-corrected chi connectivity index (χ3v) is 3.46. The Morgan fingerprint density at radius 2 is 1.60 bits per heavy atom. The number of hydrogen-bond acceptors (Lipinski definition) is 4. The van der Waals surface area contributed by atoms with Crippen molar-refractivity contribution in [2.75, 3.05) is 0 Å². The van der Waals surface area contributed by atoms with Crippen molar-refractivity contribution >= 4 is 11.7 Å². The summed E-state index contributed by atoms with van der Waals surface area (Å²) in [6.45, 7) is 5.41. The second-order valence-electron chi connectivity index (χ2n) is 5.93. The average Bonchev–Trinajstić information content (AvgIpc) is 2.59. The van der Waals surface area contributed by atoms with E-state index >= 15 is 0 Å². The molecule has 2 aromatic rings. The summed E-state index contributed by atoms with van der Waals surface area (Å²) in [5, 5.41) is 10.1. The topological polar surface area (TPSA) is 58.9 Å². The zero-order valence-corrected chi connectivity index (χ0v) is 14.8. The van der Waals surface area contributed by atoms with Gasteiger partial charge in [-0.3, -0.25) is 4.99 Å². The third-order valence-electron chi connectivity index (χ3n) is 3.46. The number of nitrogens with zero attached hydrogens (tertiary/aromatic N) is 1. The molecule has 2 rings (SSSR count). The molecule has 130 valence electrons. The monoisotopic (exact) mass is 337 g/mol. The van der Waals surface area contributed by atoms with E-state index in [1.165, 1.54) is 6.92 Å². The first kappa shape index (κ1) is 18.5. The highest BCUT2D eigenvalue weighted by atomic mass is 16.5. The molecule has 1 N–H and O–H groups in total. The SMILES string of the molecule is CC(O)=C(C(=O)OC(C)C)C(=NCc1ccccc1)c1ccccc1. The third kappa shape index (κ3) is 5.31. The summed E-state index contributed by atoms with van der Waals surface area (Å²) < 4.78 is 5.29. The lowest BCUT2D eigenvalue weighted by atomic mass is 10.0. The Morgan fingerprint density at radius 1 is 1.04 bits per heavy atom. The molecular weight excluding hydrogens is 314 g/mol. The fourth-order valence-corrected chi connectivity index (χ4v) is 2.35. The molecular formula is C21H23NO3. The van der Waals surface area contributed by atoms with Crippen LogP contribution in [-0.4, -0.2) is 22.9 Å². The summed E-state index contributed by atoms with van der Waals surface area (Å²) in [4.78, 5) is 17.1. The molecule has 0 radical (unpaired) electrons. The lowest BCUT2D eigenvalue weighted by Gasteiger charge is -2.14. The number of benzene rings is 2. The van der Waals surface area contributed by atoms with Gasteiger partial charge in [0.15, 0.2) is 0 Å². The lowest BCUT2D eigenvalue weighted by molar-refractivity contribution is -0.142. The molecule has 0 heterocycles. The molecule has 0 aromatic heterocycles. The molecule has 25 heavy (non-hydrogen) atoms. The van der Waals surface area contributed by atoms with Gasteiger partial charge in [0.1, 0.15) is 11.3 Å². The van der Waals surface area contributed by atoms with Crippen LogP contribution in [0.2, 0.25) is 0 Å². The highest BCUT2D eigenvalue weighted by Crippen LogP contribution is 2.17. The van der Waals surface area contributed by atoms with Gasteiger partial charge >= 0.3 is 5.97 Å². The predicted molar refractivity (Wildman–Crippen MR) is 99.7 cm³/mol. The summed E-state index contributed by atoms with van der Waals surface area (Å²) in [7, 11) is 0. The van der Waals surface area contributed by atoms with Gasteiger partial charge in [0, 0.05) is 5.56 Å². The minimum absolute atomic E-state index is 0.0934. The van der Waals surface area contributed by atoms with Gasteiger partial charge in [-0.2, -0.15) is 0 Å². The van der Waals surface area contributed by atoms with Gasteiger partial charge in [-0.25, -0.2) is 4.79 Å². The zero-order chi connectivity index (χ0) is 18.2. The Labute approximate surface area is 148 Å². The lowest BCUT2D eigenvalue weighted by Crippen LogP contribution is -2.22. The van der Waals surface area contributed by atoms with Crippen LogP contribution in [0.4, 0.5) is 0 Å². The number of rotatable bonds is 6. The Balaban J connectivity index is 2.46. The van der Waals surface area contributed by atoms with Gasteiger partial charge in [-0.05, 0) is 26.3 Å². The average molecular weight is 337 g/mol. The number of ether oxygens (including phenoxy) is 1. The van der Waals surface area contributed by atoms with Crippen molar-refractivity contribution in [2.24, 2.45) is 4.99 Å². The number of hydrogen-bond donors (Lipinski definition) is 1. The first-order valence-corrected chi connectivity index (χ1v) is 8.24. The van der Waals surface area contributed by atoms with Crippen LogP contribution in [0.5, 0.6) is 0 Å². The molecule has 4 heteroatoms. The number of aliphatic imine (C=N–C) groups is 1. The number of esters is 1. The number of carbonyl (C=O) groups excluding carboxylic acids is 1. The van der Waals surface area contributed by atoms with E-state index in [4.69, 9.17) is 4.74 Å². The van der Waals surface area contributed by atoms with Gasteiger partial charge in [-0.15, -0.1) is 0 Å². The van der Waals surface area contributed by atoms with E-state index in [1.807, 2.05) is 60.7 Å². The molecule has 0 spiro atoms. The second-order valence-corrected chi connectivity index (χ2v) is 5.93. The van der Waals surface area contributed by atoms with Crippen molar-refractivity contribution in [2.45, 2.75) is 33.4 Å². The molecule has 0 aliphatic heterocycles. The maximum atomic E-state index is 12.5. The molecule has 0 fully saturated rings. The molecule has 0 aliphatic carbocycles. The van der Waals surface area contributed by atoms with E-state index in [1.54, 1.807) is 13.8 Å². The van der Waals surface area contributed by atoms with E-state index in [-0.39, 0.29) is 17.4 Å². The van der Waals surface area contributed by atoms with Crippen LogP contribution in [-0.2, 0) is 16.1 Å². The Bertz CT molecular complexity index is 758. The molecule has 0 bridgehead atoms. The first-order valence-electron chi connectivity index (χ1n) is 8.24. The zero-order valence-electron chi connectivity index (χ0n) is 14.8. The van der Waals surface area contributed by atoms with Crippen molar-refractivity contribution in [1.82, 2.24) is 0 Å². The number of allylic oxidation sites excluding steroid dienone is 1. The summed E-state index contributed by atoms with van der Waals surface area (Å²) in [6.07, 6.45) is -0.284. The highest BCUT2D eigenvalue weighted by Gasteiger charge is 2.23. The molecule has 4 nitrogen and oxygen atoms in total. The van der Waals surface area contributed by atoms with E-state index in [0.717, 1.165) is 11.1 Å². The smallest absolute Gasteiger partial charge is 0.344 e. The first-order chi connectivity index (χ1) is 12.0. The van der Waals surface area contributed by atoms with Crippen molar-refractivity contribution in [3.05, 3.63) is 83.1 Å². The second kappa shape index (κ2) is 8.83. The Kier molecular flexibility index (Phi) is 6.52. The summed E-state index contributed by atoms with van der Waals surface area (Å²) in [5.41, 5.74) is 2.29. The molecule has 0 amide bonds. The van der Waals surface area contributed by atoms with Crippen LogP contribution in [0.25, 0.3) is 0 Å². The van der Waals surface area contributed by atoms with Crippen molar-refractivity contribution in [3.8, 4) is 0 Å². The standard InChI is InChI=1S/C21H23NO3/c1-15(2)25-21(24)19(16(3)23)20(18-12-8-5-9-13-18)22-14-17-10-6-4-7-11-17/h4-13,15,23H,14H2,1-3H3. The Morgan fingerprint density at radius 3 is 2.12 bits per heavy atom. The van der Waals surface area contributed by atoms with Gasteiger partial charge in [0.05, 0.1) is 18.4 Å². The quantitative estimate of drug-likeness (QED) is 0.366. The molecule has 2 aromatic carbocycles. The van der Waals surface area contributed by atoms with Crippen LogP contribution < -0.4 is 0 Å². The highest BCUT2D eigenvalue weighted by molar-refractivity contribution is 6.27. The van der Waals surface area contributed by atoms with Gasteiger partial charge in [-0.1, -0.05) is 60.7 Å². The van der Waals surface area contributed by atoms with E-state index in [0.29, 0.717) is 12.3 Å². The fourth-order valence-electron chi connectivity index (χ4n) is 2.35. The summed E-state index contributed by atoms with van der Waals surface area (Å²) >= 11 is 0. The minimum Gasteiger partial charge on any atom is -0.512 e. The Hall–Kier alpha value is -2.88. The maximum Gasteiger partial charge on any atom is 0.344 e. The van der Waals surface area contributed by atoms with Crippen LogP contribution in [0, 0.1) is 0 Å². The normalized spacial score (nSPS) is 12.7. The van der Waals surface area contributed by atoms with Gasteiger partial charge in [0.25, 0.3) is 0 Å². The number of aliphatic hydroxyl groups is 1. The van der Waals surface area contributed by atoms with Gasteiger partial charge in [0.2, 0.25) is 0 Å². The van der Waals surface area contributed by atoms with Gasteiger partial charge < -0.3 is 9.84 Å². The minimum atomic E-state index is -0.578. The van der Waals surface area contributed by atoms with E-state index in [2.05, 4.69) is 4.99 Å². The van der Waals surface area contributed by atoms with Crippen molar-refractivity contribution in [3.63, 3.8) is 0 Å². The van der Waals surface area contributed by atoms with Crippen molar-refractivity contribution < 1.29 is 14.6 Å². The van der Waals surface area contributed by atoms with Crippen LogP contribution in [0.15, 0.2) is 77.0 Å². The molecule has 0 saturated heterocycles. The van der Waals surface area contributed by atoms with Crippen LogP contribution in [0.3, 0.4) is 0 Å².